The van der Waals surface area contributed by atoms with Crippen LogP contribution in [0.1, 0.15) is 18.4 Å². The van der Waals surface area contributed by atoms with Crippen molar-refractivity contribution in [1.82, 2.24) is 10.2 Å². The molecule has 4 rings (SSSR count). The van der Waals surface area contributed by atoms with Gasteiger partial charge in [0.25, 0.3) is 0 Å². The first-order valence-electron chi connectivity index (χ1n) is 8.77. The first-order chi connectivity index (χ1) is 12.2. The summed E-state index contributed by atoms with van der Waals surface area (Å²) in [4.78, 5) is 14.0. The summed E-state index contributed by atoms with van der Waals surface area (Å²) >= 11 is 0. The number of carbonyl (C=O) groups is 1. The zero-order chi connectivity index (χ0) is 17.4. The fourth-order valence-electron chi connectivity index (χ4n) is 3.98. The van der Waals surface area contributed by atoms with Crippen molar-refractivity contribution in [3.05, 3.63) is 17.7 Å². The van der Waals surface area contributed by atoms with Gasteiger partial charge in [-0.05, 0) is 42.4 Å². The Labute approximate surface area is 146 Å². The zero-order valence-electron chi connectivity index (χ0n) is 14.4. The molecular formula is C18H24N2O5. The van der Waals surface area contributed by atoms with Crippen LogP contribution in [0.25, 0.3) is 0 Å². The van der Waals surface area contributed by atoms with Crippen molar-refractivity contribution in [2.75, 3.05) is 33.6 Å². The summed E-state index contributed by atoms with van der Waals surface area (Å²) in [5.74, 6) is 2.94. The number of amides is 1. The number of rotatable bonds is 6. The maximum atomic E-state index is 11.6. The smallest absolute Gasteiger partial charge is 0.245 e. The molecule has 136 valence electrons. The molecule has 2 unspecified atom stereocenters. The highest BCUT2D eigenvalue weighted by Crippen LogP contribution is 2.44. The summed E-state index contributed by atoms with van der Waals surface area (Å²) < 4.78 is 16.4. The van der Waals surface area contributed by atoms with Gasteiger partial charge in [-0.1, -0.05) is 0 Å². The SMILES string of the molecule is COc1cc(CN2CC(NC(=O)CO)C(C3CC3)C2)cc2c1OCO2. The lowest BCUT2D eigenvalue weighted by atomic mass is 9.98. The average molecular weight is 348 g/mol. The fraction of sp³-hybridized carbons (Fsp3) is 0.611. The van der Waals surface area contributed by atoms with Crippen molar-refractivity contribution >= 4 is 5.91 Å². The number of hydrogen-bond acceptors (Lipinski definition) is 6. The average Bonchev–Trinajstić information content (AvgIpc) is 3.22. The maximum absolute atomic E-state index is 11.6. The van der Waals surface area contributed by atoms with E-state index in [2.05, 4.69) is 10.2 Å². The van der Waals surface area contributed by atoms with Crippen molar-refractivity contribution in [2.45, 2.75) is 25.4 Å². The van der Waals surface area contributed by atoms with Gasteiger partial charge in [0.2, 0.25) is 18.4 Å². The van der Waals surface area contributed by atoms with E-state index in [1.165, 1.54) is 12.8 Å². The van der Waals surface area contributed by atoms with E-state index in [0.717, 1.165) is 30.9 Å². The number of nitrogens with one attached hydrogen (secondary N) is 1. The molecule has 25 heavy (non-hydrogen) atoms. The molecule has 0 aromatic heterocycles. The van der Waals surface area contributed by atoms with E-state index in [1.54, 1.807) is 7.11 Å². The van der Waals surface area contributed by atoms with Crippen LogP contribution >= 0.6 is 0 Å². The molecule has 3 aliphatic rings. The number of fused-ring (bicyclic) bond motifs is 1. The number of likely N-dealkylation sites (tertiary alicyclic amines) is 1. The number of hydrogen-bond donors (Lipinski definition) is 2. The lowest BCUT2D eigenvalue weighted by Crippen LogP contribution is -2.42. The second-order valence-electron chi connectivity index (χ2n) is 7.06. The summed E-state index contributed by atoms with van der Waals surface area (Å²) in [7, 11) is 1.63. The number of ether oxygens (including phenoxy) is 3. The molecular weight excluding hydrogens is 324 g/mol. The molecule has 2 aliphatic heterocycles. The lowest BCUT2D eigenvalue weighted by Gasteiger charge is -2.18. The van der Waals surface area contributed by atoms with Gasteiger partial charge >= 0.3 is 0 Å². The van der Waals surface area contributed by atoms with E-state index in [0.29, 0.717) is 23.3 Å². The predicted octanol–water partition coefficient (Wildman–Crippen LogP) is 0.743. The Hall–Kier alpha value is -1.99. The molecule has 1 saturated carbocycles. The molecule has 7 nitrogen and oxygen atoms in total. The summed E-state index contributed by atoms with van der Waals surface area (Å²) in [5, 5.41) is 12.0. The summed E-state index contributed by atoms with van der Waals surface area (Å²) in [6.45, 7) is 2.29. The standard InChI is InChI=1S/C18H24N2O5/c1-23-15-4-11(5-16-18(15)25-10-24-16)6-20-7-13(12-2-3-12)14(8-20)19-17(22)9-21/h4-5,12-14,21H,2-3,6-10H2,1H3,(H,19,22). The van der Waals surface area contributed by atoms with Crippen LogP contribution in [0.2, 0.25) is 0 Å². The van der Waals surface area contributed by atoms with Crippen molar-refractivity contribution in [3.63, 3.8) is 0 Å². The van der Waals surface area contributed by atoms with Gasteiger partial charge in [0.1, 0.15) is 6.61 Å². The summed E-state index contributed by atoms with van der Waals surface area (Å²) in [6, 6.07) is 4.10. The van der Waals surface area contributed by atoms with E-state index in [9.17, 15) is 4.79 Å². The Morgan fingerprint density at radius 3 is 2.92 bits per heavy atom. The van der Waals surface area contributed by atoms with Crippen molar-refractivity contribution in [2.24, 2.45) is 11.8 Å². The van der Waals surface area contributed by atoms with Crippen LogP contribution in [0.3, 0.4) is 0 Å². The van der Waals surface area contributed by atoms with E-state index in [4.69, 9.17) is 19.3 Å². The van der Waals surface area contributed by atoms with E-state index in [1.807, 2.05) is 12.1 Å². The monoisotopic (exact) mass is 348 g/mol. The van der Waals surface area contributed by atoms with Crippen molar-refractivity contribution in [3.8, 4) is 17.2 Å². The number of methoxy groups -OCH3 is 1. The van der Waals surface area contributed by atoms with Gasteiger partial charge in [-0.15, -0.1) is 0 Å². The van der Waals surface area contributed by atoms with Crippen molar-refractivity contribution in [1.29, 1.82) is 0 Å². The predicted molar refractivity (Wildman–Crippen MR) is 89.6 cm³/mol. The molecule has 7 heteroatoms. The minimum absolute atomic E-state index is 0.114. The largest absolute Gasteiger partial charge is 0.493 e. The van der Waals surface area contributed by atoms with Gasteiger partial charge in [0.15, 0.2) is 11.5 Å². The molecule has 1 aromatic rings. The van der Waals surface area contributed by atoms with Crippen LogP contribution in [0, 0.1) is 11.8 Å². The number of benzene rings is 1. The second-order valence-corrected chi connectivity index (χ2v) is 7.06. The zero-order valence-corrected chi connectivity index (χ0v) is 14.4. The Balaban J connectivity index is 1.47. The molecule has 1 saturated heterocycles. The number of aliphatic hydroxyl groups excluding tert-OH is 1. The molecule has 0 spiro atoms. The molecule has 2 atom stereocenters. The summed E-state index contributed by atoms with van der Waals surface area (Å²) in [5.41, 5.74) is 1.10. The first kappa shape index (κ1) is 16.5. The van der Waals surface area contributed by atoms with Crippen LogP contribution in [-0.2, 0) is 11.3 Å². The van der Waals surface area contributed by atoms with Crippen LogP contribution in [0.4, 0.5) is 0 Å². The van der Waals surface area contributed by atoms with E-state index in [-0.39, 0.29) is 18.7 Å². The highest BCUT2D eigenvalue weighted by Gasteiger charge is 2.42. The molecule has 1 aliphatic carbocycles. The fourth-order valence-corrected chi connectivity index (χ4v) is 3.98. The Morgan fingerprint density at radius 2 is 2.20 bits per heavy atom. The van der Waals surface area contributed by atoms with Crippen LogP contribution in [-0.4, -0.2) is 55.6 Å². The minimum atomic E-state index is -0.451. The first-order valence-corrected chi connectivity index (χ1v) is 8.77. The van der Waals surface area contributed by atoms with Crippen LogP contribution in [0.5, 0.6) is 17.2 Å². The molecule has 0 radical (unpaired) electrons. The molecule has 1 aromatic carbocycles. The van der Waals surface area contributed by atoms with Gasteiger partial charge < -0.3 is 24.6 Å². The molecule has 2 heterocycles. The number of nitrogens with zero attached hydrogens (tertiary/aromatic N) is 1. The molecule has 0 bridgehead atoms. The molecule has 2 fully saturated rings. The quantitative estimate of drug-likeness (QED) is 0.789. The lowest BCUT2D eigenvalue weighted by molar-refractivity contribution is -0.124. The van der Waals surface area contributed by atoms with E-state index < -0.39 is 6.61 Å². The Bertz CT molecular complexity index is 661. The third-order valence-electron chi connectivity index (χ3n) is 5.28. The van der Waals surface area contributed by atoms with Gasteiger partial charge in [0.05, 0.1) is 7.11 Å². The second kappa shape index (κ2) is 6.72. The van der Waals surface area contributed by atoms with Crippen LogP contribution < -0.4 is 19.5 Å². The van der Waals surface area contributed by atoms with Gasteiger partial charge in [-0.3, -0.25) is 9.69 Å². The van der Waals surface area contributed by atoms with Gasteiger partial charge in [-0.2, -0.15) is 0 Å². The third kappa shape index (κ3) is 3.39. The van der Waals surface area contributed by atoms with Gasteiger partial charge in [0, 0.05) is 25.7 Å². The highest BCUT2D eigenvalue weighted by atomic mass is 16.7. The number of aliphatic hydroxyl groups is 1. The molecule has 2 N–H and O–H groups in total. The Kier molecular flexibility index (Phi) is 4.43. The third-order valence-corrected chi connectivity index (χ3v) is 5.28. The topological polar surface area (TPSA) is 80.3 Å². The van der Waals surface area contributed by atoms with E-state index >= 15 is 0 Å². The van der Waals surface area contributed by atoms with Gasteiger partial charge in [-0.25, -0.2) is 0 Å². The Morgan fingerprint density at radius 1 is 1.36 bits per heavy atom. The number of carbonyl (C=O) groups excluding carboxylic acids is 1. The molecule has 1 amide bonds. The summed E-state index contributed by atoms with van der Waals surface area (Å²) in [6.07, 6.45) is 2.48. The highest BCUT2D eigenvalue weighted by molar-refractivity contribution is 5.77. The normalized spacial score (nSPS) is 25.2. The minimum Gasteiger partial charge on any atom is -0.493 e. The van der Waals surface area contributed by atoms with Crippen molar-refractivity contribution < 1.29 is 24.1 Å². The van der Waals surface area contributed by atoms with Crippen LogP contribution in [0.15, 0.2) is 12.1 Å². The maximum Gasteiger partial charge on any atom is 0.245 e.